The zero-order chi connectivity index (χ0) is 10.8. The number of unbranched alkanes of at least 4 members (excludes halogenated alkanes) is 2. The number of rotatable bonds is 8. The highest BCUT2D eigenvalue weighted by atomic mass is 16.2. The van der Waals surface area contributed by atoms with Gasteiger partial charge in [0.1, 0.15) is 0 Å². The summed E-state index contributed by atoms with van der Waals surface area (Å²) in [6.07, 6.45) is 3.36. The smallest absolute Gasteiger partial charge is 0.223 e. The first-order valence-corrected chi connectivity index (χ1v) is 5.21. The van der Waals surface area contributed by atoms with E-state index in [1.807, 2.05) is 14.1 Å². The predicted molar refractivity (Wildman–Crippen MR) is 57.1 cm³/mol. The molecule has 0 aromatic rings. The molecule has 0 atom stereocenters. The second-order valence-electron chi connectivity index (χ2n) is 3.45. The number of aliphatic hydroxyl groups is 1. The van der Waals surface area contributed by atoms with Gasteiger partial charge in [0, 0.05) is 33.2 Å². The summed E-state index contributed by atoms with van der Waals surface area (Å²) >= 11 is 0. The predicted octanol–water partition coefficient (Wildman–Crippen LogP) is 0.217. The lowest BCUT2D eigenvalue weighted by Gasteiger charge is -2.16. The van der Waals surface area contributed by atoms with Gasteiger partial charge in [-0.1, -0.05) is 0 Å². The number of nitrogens with one attached hydrogen (secondary N) is 1. The molecular weight excluding hydrogens is 180 g/mol. The molecule has 84 valence electrons. The number of carbonyl (C=O) groups is 1. The molecule has 14 heavy (non-hydrogen) atoms. The first-order valence-electron chi connectivity index (χ1n) is 5.21. The number of carbonyl (C=O) groups excluding carboxylic acids is 1. The molecule has 0 unspecified atom stereocenters. The van der Waals surface area contributed by atoms with Gasteiger partial charge in [0.25, 0.3) is 0 Å². The average Bonchev–Trinajstić information content (AvgIpc) is 2.20. The van der Waals surface area contributed by atoms with Gasteiger partial charge in [-0.2, -0.15) is 0 Å². The summed E-state index contributed by atoms with van der Waals surface area (Å²) in [7, 11) is 3.67. The van der Waals surface area contributed by atoms with Crippen molar-refractivity contribution < 1.29 is 9.90 Å². The lowest BCUT2D eigenvalue weighted by atomic mass is 10.2. The minimum atomic E-state index is 0.184. The van der Waals surface area contributed by atoms with E-state index in [0.29, 0.717) is 6.42 Å². The van der Waals surface area contributed by atoms with Crippen LogP contribution in [0.15, 0.2) is 0 Å². The molecule has 0 bridgehead atoms. The van der Waals surface area contributed by atoms with Crippen LogP contribution in [0.5, 0.6) is 0 Å². The number of nitrogens with zero attached hydrogens (tertiary/aromatic N) is 1. The minimum Gasteiger partial charge on any atom is -0.396 e. The summed E-state index contributed by atoms with van der Waals surface area (Å²) in [4.78, 5) is 13.2. The van der Waals surface area contributed by atoms with Gasteiger partial charge in [-0.15, -0.1) is 0 Å². The second kappa shape index (κ2) is 8.97. The van der Waals surface area contributed by atoms with Crippen molar-refractivity contribution in [1.82, 2.24) is 10.2 Å². The normalized spacial score (nSPS) is 10.2. The Kier molecular flexibility index (Phi) is 8.57. The number of hydrogen-bond donors (Lipinski definition) is 2. The fourth-order valence-corrected chi connectivity index (χ4v) is 1.19. The van der Waals surface area contributed by atoms with Gasteiger partial charge in [0.05, 0.1) is 0 Å². The van der Waals surface area contributed by atoms with Crippen LogP contribution in [0.1, 0.15) is 25.7 Å². The largest absolute Gasteiger partial charge is 0.396 e. The van der Waals surface area contributed by atoms with E-state index in [9.17, 15) is 4.79 Å². The maximum atomic E-state index is 11.4. The monoisotopic (exact) mass is 202 g/mol. The van der Waals surface area contributed by atoms with Crippen LogP contribution in [0, 0.1) is 0 Å². The summed E-state index contributed by atoms with van der Waals surface area (Å²) in [6.45, 7) is 1.78. The Morgan fingerprint density at radius 1 is 1.36 bits per heavy atom. The first kappa shape index (κ1) is 13.4. The molecule has 0 saturated heterocycles. The molecule has 4 heteroatoms. The van der Waals surface area contributed by atoms with Gasteiger partial charge in [0.15, 0.2) is 0 Å². The highest BCUT2D eigenvalue weighted by Crippen LogP contribution is 1.98. The van der Waals surface area contributed by atoms with Crippen LogP contribution in [0.2, 0.25) is 0 Å². The van der Waals surface area contributed by atoms with Crippen molar-refractivity contribution in [3.8, 4) is 0 Å². The van der Waals surface area contributed by atoms with Crippen molar-refractivity contribution in [3.05, 3.63) is 0 Å². The van der Waals surface area contributed by atoms with Crippen LogP contribution in [-0.2, 0) is 4.79 Å². The number of amides is 1. The van der Waals surface area contributed by atoms with E-state index in [0.717, 1.165) is 32.4 Å². The van der Waals surface area contributed by atoms with Crippen LogP contribution in [-0.4, -0.2) is 49.7 Å². The quantitative estimate of drug-likeness (QED) is 0.553. The molecule has 0 radical (unpaired) electrons. The van der Waals surface area contributed by atoms with Gasteiger partial charge in [-0.05, 0) is 26.3 Å². The van der Waals surface area contributed by atoms with E-state index in [1.165, 1.54) is 0 Å². The molecule has 0 heterocycles. The molecule has 0 saturated carbocycles. The zero-order valence-electron chi connectivity index (χ0n) is 9.25. The molecule has 0 aliphatic carbocycles. The molecule has 0 spiro atoms. The molecule has 0 fully saturated rings. The third kappa shape index (κ3) is 6.86. The first-order chi connectivity index (χ1) is 6.72. The maximum Gasteiger partial charge on any atom is 0.223 e. The van der Waals surface area contributed by atoms with E-state index in [2.05, 4.69) is 5.32 Å². The van der Waals surface area contributed by atoms with Crippen LogP contribution in [0.3, 0.4) is 0 Å². The Bertz CT molecular complexity index is 151. The topological polar surface area (TPSA) is 52.6 Å². The molecule has 0 aromatic heterocycles. The van der Waals surface area contributed by atoms with Gasteiger partial charge in [-0.3, -0.25) is 4.79 Å². The summed E-state index contributed by atoms with van der Waals surface area (Å²) in [6, 6.07) is 0. The van der Waals surface area contributed by atoms with E-state index in [-0.39, 0.29) is 12.5 Å². The Hall–Kier alpha value is -0.610. The Morgan fingerprint density at radius 2 is 2.07 bits per heavy atom. The van der Waals surface area contributed by atoms with Crippen LogP contribution >= 0.6 is 0 Å². The molecule has 0 aromatic carbocycles. The third-order valence-electron chi connectivity index (χ3n) is 2.17. The number of hydrogen-bond acceptors (Lipinski definition) is 3. The van der Waals surface area contributed by atoms with Gasteiger partial charge >= 0.3 is 0 Å². The van der Waals surface area contributed by atoms with Gasteiger partial charge < -0.3 is 15.3 Å². The fraction of sp³-hybridized carbons (Fsp3) is 0.900. The molecule has 1 amide bonds. The van der Waals surface area contributed by atoms with E-state index < -0.39 is 0 Å². The van der Waals surface area contributed by atoms with E-state index in [4.69, 9.17) is 5.11 Å². The van der Waals surface area contributed by atoms with Crippen LogP contribution in [0.25, 0.3) is 0 Å². The average molecular weight is 202 g/mol. The fourth-order valence-electron chi connectivity index (χ4n) is 1.19. The van der Waals surface area contributed by atoms with Gasteiger partial charge in [0.2, 0.25) is 5.91 Å². The van der Waals surface area contributed by atoms with Crippen molar-refractivity contribution in [2.75, 3.05) is 33.8 Å². The maximum absolute atomic E-state index is 11.4. The van der Waals surface area contributed by atoms with E-state index >= 15 is 0 Å². The summed E-state index contributed by atoms with van der Waals surface area (Å²) in [5.41, 5.74) is 0. The van der Waals surface area contributed by atoms with Gasteiger partial charge in [-0.25, -0.2) is 0 Å². The second-order valence-corrected chi connectivity index (χ2v) is 3.45. The standard InChI is InChI=1S/C10H22N2O2/c1-11-7-6-10(14)12(2)8-4-3-5-9-13/h11,13H,3-9H2,1-2H3. The van der Waals surface area contributed by atoms with Crippen molar-refractivity contribution >= 4 is 5.91 Å². The molecule has 2 N–H and O–H groups in total. The summed E-state index contributed by atoms with van der Waals surface area (Å²) < 4.78 is 0. The Morgan fingerprint density at radius 3 is 2.64 bits per heavy atom. The highest BCUT2D eigenvalue weighted by Gasteiger charge is 2.06. The van der Waals surface area contributed by atoms with Crippen molar-refractivity contribution in [2.24, 2.45) is 0 Å². The lowest BCUT2D eigenvalue weighted by molar-refractivity contribution is -0.129. The van der Waals surface area contributed by atoms with E-state index in [1.54, 1.807) is 4.90 Å². The molecule has 0 aliphatic heterocycles. The highest BCUT2D eigenvalue weighted by molar-refractivity contribution is 5.75. The third-order valence-corrected chi connectivity index (χ3v) is 2.17. The molecule has 4 nitrogen and oxygen atoms in total. The summed E-state index contributed by atoms with van der Waals surface area (Å²) in [5.74, 6) is 0.184. The summed E-state index contributed by atoms with van der Waals surface area (Å²) in [5, 5.41) is 11.5. The molecule has 0 aliphatic rings. The van der Waals surface area contributed by atoms with Crippen LogP contribution in [0.4, 0.5) is 0 Å². The van der Waals surface area contributed by atoms with Crippen LogP contribution < -0.4 is 5.32 Å². The lowest BCUT2D eigenvalue weighted by Crippen LogP contribution is -2.30. The van der Waals surface area contributed by atoms with Crippen molar-refractivity contribution in [1.29, 1.82) is 0 Å². The zero-order valence-corrected chi connectivity index (χ0v) is 9.25. The Labute approximate surface area is 86.3 Å². The van der Waals surface area contributed by atoms with Crippen molar-refractivity contribution in [3.63, 3.8) is 0 Å². The molecular formula is C10H22N2O2. The molecule has 0 rings (SSSR count). The van der Waals surface area contributed by atoms with Crippen molar-refractivity contribution in [2.45, 2.75) is 25.7 Å². The number of aliphatic hydroxyl groups excluding tert-OH is 1. The minimum absolute atomic E-state index is 0.184. The Balaban J connectivity index is 3.42. The SMILES string of the molecule is CNCCC(=O)N(C)CCCCCO.